The molecule has 0 amide bonds. The van der Waals surface area contributed by atoms with Crippen LogP contribution in [-0.2, 0) is 13.2 Å². The topological polar surface area (TPSA) is 44.1 Å². The molecule has 0 aliphatic heterocycles. The Labute approximate surface area is 112 Å². The number of aldehydes is 1. The molecule has 0 atom stereocenters. The van der Waals surface area contributed by atoms with Gasteiger partial charge in [-0.05, 0) is 18.2 Å². The Kier molecular flexibility index (Phi) is 4.07. The number of rotatable bonds is 5. The summed E-state index contributed by atoms with van der Waals surface area (Å²) in [7, 11) is 0. The third-order valence-electron chi connectivity index (χ3n) is 2.56. The molecule has 20 heavy (non-hydrogen) atoms. The average molecular weight is 284 g/mol. The molecule has 0 spiro atoms. The molecule has 0 aliphatic carbocycles. The van der Waals surface area contributed by atoms with Gasteiger partial charge in [0, 0.05) is 6.20 Å². The summed E-state index contributed by atoms with van der Waals surface area (Å²) in [6, 6.07) is 7.93. The smallest absolute Gasteiger partial charge is 0.408 e. The highest BCUT2D eigenvalue weighted by molar-refractivity contribution is 5.79. The molecule has 1 heterocycles. The fourth-order valence-corrected chi connectivity index (χ4v) is 1.66. The molecule has 0 N–H and O–H groups in total. The highest BCUT2D eigenvalue weighted by atomic mass is 19.4. The fourth-order valence-electron chi connectivity index (χ4n) is 1.66. The van der Waals surface area contributed by atoms with Gasteiger partial charge in [-0.15, -0.1) is 0 Å². The number of ether oxygens (including phenoxy) is 1. The zero-order chi connectivity index (χ0) is 14.6. The fraction of sp³-hybridized carbons (Fsp3) is 0.231. The van der Waals surface area contributed by atoms with Crippen molar-refractivity contribution in [3.63, 3.8) is 0 Å². The number of halogens is 3. The number of nitrogens with zero attached hydrogens (tertiary/aromatic N) is 2. The van der Waals surface area contributed by atoms with Gasteiger partial charge in [0.15, 0.2) is 6.29 Å². The van der Waals surface area contributed by atoms with Crippen molar-refractivity contribution in [2.75, 3.05) is 0 Å². The van der Waals surface area contributed by atoms with Gasteiger partial charge in [-0.25, -0.2) is 0 Å². The molecular formula is C13H11F3N2O2. The van der Waals surface area contributed by atoms with E-state index in [0.717, 1.165) is 4.68 Å². The molecule has 2 aromatic rings. The second kappa shape index (κ2) is 5.77. The number of para-hydroxylation sites is 1. The van der Waals surface area contributed by atoms with Crippen LogP contribution in [0.3, 0.4) is 0 Å². The highest BCUT2D eigenvalue weighted by Gasteiger charge is 2.29. The quantitative estimate of drug-likeness (QED) is 0.793. The Morgan fingerprint density at radius 2 is 2.00 bits per heavy atom. The van der Waals surface area contributed by atoms with Crippen LogP contribution >= 0.6 is 0 Å². The summed E-state index contributed by atoms with van der Waals surface area (Å²) < 4.78 is 43.2. The zero-order valence-corrected chi connectivity index (χ0v) is 10.3. The van der Waals surface area contributed by atoms with Crippen molar-refractivity contribution in [3.05, 3.63) is 47.8 Å². The van der Waals surface area contributed by atoms with E-state index in [2.05, 4.69) is 5.10 Å². The van der Waals surface area contributed by atoms with E-state index in [9.17, 15) is 18.0 Å². The number of carbonyl (C=O) groups is 1. The SMILES string of the molecule is O=Cc1ccccc1OCc1ccnn1CC(F)(F)F. The molecule has 0 saturated heterocycles. The van der Waals surface area contributed by atoms with Gasteiger partial charge in [-0.3, -0.25) is 9.48 Å². The number of aromatic nitrogens is 2. The minimum atomic E-state index is -4.35. The Morgan fingerprint density at radius 1 is 1.25 bits per heavy atom. The van der Waals surface area contributed by atoms with Crippen LogP contribution in [0.5, 0.6) is 5.75 Å². The summed E-state index contributed by atoms with van der Waals surface area (Å²) in [4.78, 5) is 10.8. The number of hydrogen-bond donors (Lipinski definition) is 0. The molecule has 0 aliphatic rings. The van der Waals surface area contributed by atoms with Crippen molar-refractivity contribution in [3.8, 4) is 5.75 Å². The Balaban J connectivity index is 2.08. The lowest BCUT2D eigenvalue weighted by Crippen LogP contribution is -2.21. The average Bonchev–Trinajstić information content (AvgIpc) is 2.81. The Bertz CT molecular complexity index is 593. The molecule has 0 bridgehead atoms. The van der Waals surface area contributed by atoms with Crippen LogP contribution in [-0.4, -0.2) is 22.2 Å². The predicted molar refractivity (Wildman–Crippen MR) is 64.4 cm³/mol. The highest BCUT2D eigenvalue weighted by Crippen LogP contribution is 2.20. The maximum absolute atomic E-state index is 12.3. The lowest BCUT2D eigenvalue weighted by Gasteiger charge is -2.12. The standard InChI is InChI=1S/C13H11F3N2O2/c14-13(15,16)9-18-11(5-6-17-18)8-20-12-4-2-1-3-10(12)7-19/h1-7H,8-9H2. The molecule has 1 aromatic heterocycles. The maximum atomic E-state index is 12.3. The van der Waals surface area contributed by atoms with Gasteiger partial charge in [-0.1, -0.05) is 12.1 Å². The molecule has 2 rings (SSSR count). The second-order valence-electron chi connectivity index (χ2n) is 4.04. The number of alkyl halides is 3. The lowest BCUT2D eigenvalue weighted by molar-refractivity contribution is -0.143. The first-order chi connectivity index (χ1) is 9.49. The molecule has 0 fully saturated rings. The zero-order valence-electron chi connectivity index (χ0n) is 10.3. The molecule has 0 radical (unpaired) electrons. The first-order valence-corrected chi connectivity index (χ1v) is 5.74. The third-order valence-corrected chi connectivity index (χ3v) is 2.56. The van der Waals surface area contributed by atoms with E-state index < -0.39 is 12.7 Å². The largest absolute Gasteiger partial charge is 0.487 e. The normalized spacial score (nSPS) is 11.3. The third kappa shape index (κ3) is 3.59. The number of benzene rings is 1. The van der Waals surface area contributed by atoms with Crippen LogP contribution in [0, 0.1) is 0 Å². The summed E-state index contributed by atoms with van der Waals surface area (Å²) in [5.74, 6) is 0.322. The van der Waals surface area contributed by atoms with Crippen LogP contribution in [0.15, 0.2) is 36.5 Å². The first kappa shape index (κ1) is 14.1. The Hall–Kier alpha value is -2.31. The van der Waals surface area contributed by atoms with Crippen molar-refractivity contribution in [2.24, 2.45) is 0 Å². The summed E-state index contributed by atoms with van der Waals surface area (Å²) >= 11 is 0. The van der Waals surface area contributed by atoms with E-state index in [1.807, 2.05) is 0 Å². The minimum absolute atomic E-state index is 0.0963. The van der Waals surface area contributed by atoms with Gasteiger partial charge in [-0.2, -0.15) is 18.3 Å². The van der Waals surface area contributed by atoms with Crippen LogP contribution in [0.2, 0.25) is 0 Å². The van der Waals surface area contributed by atoms with E-state index in [0.29, 0.717) is 17.6 Å². The van der Waals surface area contributed by atoms with Gasteiger partial charge >= 0.3 is 6.18 Å². The molecular weight excluding hydrogens is 273 g/mol. The van der Waals surface area contributed by atoms with Crippen molar-refractivity contribution < 1.29 is 22.7 Å². The summed E-state index contributed by atoms with van der Waals surface area (Å²) in [6.07, 6.45) is -2.44. The summed E-state index contributed by atoms with van der Waals surface area (Å²) in [5, 5.41) is 3.60. The summed E-state index contributed by atoms with van der Waals surface area (Å²) in [5.41, 5.74) is 0.623. The molecule has 106 valence electrons. The van der Waals surface area contributed by atoms with E-state index in [1.165, 1.54) is 12.3 Å². The maximum Gasteiger partial charge on any atom is 0.408 e. The minimum Gasteiger partial charge on any atom is -0.487 e. The van der Waals surface area contributed by atoms with E-state index >= 15 is 0 Å². The number of carbonyl (C=O) groups excluding carboxylic acids is 1. The van der Waals surface area contributed by atoms with Crippen LogP contribution in [0.4, 0.5) is 13.2 Å². The van der Waals surface area contributed by atoms with Crippen molar-refractivity contribution in [1.82, 2.24) is 9.78 Å². The lowest BCUT2D eigenvalue weighted by atomic mass is 10.2. The van der Waals surface area contributed by atoms with Gasteiger partial charge < -0.3 is 4.74 Å². The van der Waals surface area contributed by atoms with Gasteiger partial charge in [0.2, 0.25) is 0 Å². The van der Waals surface area contributed by atoms with Crippen molar-refractivity contribution >= 4 is 6.29 Å². The first-order valence-electron chi connectivity index (χ1n) is 5.74. The van der Waals surface area contributed by atoms with Crippen LogP contribution < -0.4 is 4.74 Å². The molecule has 0 unspecified atom stereocenters. The molecule has 1 aromatic carbocycles. The molecule has 0 saturated carbocycles. The van der Waals surface area contributed by atoms with E-state index in [1.54, 1.807) is 24.3 Å². The van der Waals surface area contributed by atoms with Crippen molar-refractivity contribution in [2.45, 2.75) is 19.3 Å². The van der Waals surface area contributed by atoms with Crippen LogP contribution in [0.1, 0.15) is 16.1 Å². The van der Waals surface area contributed by atoms with E-state index in [4.69, 9.17) is 4.74 Å². The second-order valence-corrected chi connectivity index (χ2v) is 4.04. The predicted octanol–water partition coefficient (Wildman–Crippen LogP) is 2.84. The van der Waals surface area contributed by atoms with Gasteiger partial charge in [0.25, 0.3) is 0 Å². The van der Waals surface area contributed by atoms with Crippen molar-refractivity contribution in [1.29, 1.82) is 0 Å². The van der Waals surface area contributed by atoms with Gasteiger partial charge in [0.1, 0.15) is 18.9 Å². The molecule has 4 nitrogen and oxygen atoms in total. The van der Waals surface area contributed by atoms with Gasteiger partial charge in [0.05, 0.1) is 11.3 Å². The Morgan fingerprint density at radius 3 is 2.70 bits per heavy atom. The summed E-state index contributed by atoms with van der Waals surface area (Å²) in [6.45, 7) is -1.27. The van der Waals surface area contributed by atoms with Crippen LogP contribution in [0.25, 0.3) is 0 Å². The monoisotopic (exact) mass is 284 g/mol. The molecule has 7 heteroatoms. The number of hydrogen-bond acceptors (Lipinski definition) is 3. The van der Waals surface area contributed by atoms with E-state index in [-0.39, 0.29) is 12.3 Å².